The topological polar surface area (TPSA) is 101 Å². The van der Waals surface area contributed by atoms with Gasteiger partial charge < -0.3 is 19.8 Å². The number of hydrogen-bond acceptors (Lipinski definition) is 5. The van der Waals surface area contributed by atoms with E-state index < -0.39 is 5.91 Å². The number of nitrogens with zero attached hydrogens (tertiary/aromatic N) is 3. The largest absolute Gasteiger partial charge is 0.497 e. The normalized spacial score (nSPS) is 12.6. The number of carbonyl (C=O) groups is 2. The van der Waals surface area contributed by atoms with Crippen LogP contribution < -0.4 is 10.5 Å². The molecule has 43 heavy (non-hydrogen) atoms. The van der Waals surface area contributed by atoms with E-state index in [9.17, 15) is 9.59 Å². The molecule has 2 N–H and O–H groups in total. The first-order valence-electron chi connectivity index (χ1n) is 15.4. The molecule has 2 aromatic heterocycles. The molecule has 0 spiro atoms. The molecule has 0 saturated carbocycles. The highest BCUT2D eigenvalue weighted by atomic mass is 16.5. The predicted octanol–water partition coefficient (Wildman–Crippen LogP) is 7.36. The molecule has 0 atom stereocenters. The average molecular weight is 583 g/mol. The number of ether oxygens (including phenoxy) is 2. The predicted molar refractivity (Wildman–Crippen MR) is 171 cm³/mol. The molecule has 0 unspecified atom stereocenters. The number of aryl methyl sites for hydroxylation is 2. The number of nitrogens with two attached hydrogens (primary N) is 1. The van der Waals surface area contributed by atoms with Gasteiger partial charge in [-0.1, -0.05) is 32.8 Å². The minimum absolute atomic E-state index is 0.274. The second-order valence-corrected chi connectivity index (χ2v) is 11.2. The Hall–Kier alpha value is -4.33. The Morgan fingerprint density at radius 2 is 1.77 bits per heavy atom. The maximum absolute atomic E-state index is 13.3. The maximum atomic E-state index is 13.3. The Kier molecular flexibility index (Phi) is 8.76. The van der Waals surface area contributed by atoms with Gasteiger partial charge in [-0.05, 0) is 92.6 Å². The van der Waals surface area contributed by atoms with Crippen LogP contribution in [0.5, 0.6) is 5.75 Å². The molecule has 0 fully saturated rings. The summed E-state index contributed by atoms with van der Waals surface area (Å²) in [6, 6.07) is 12.0. The molecule has 226 valence electrons. The van der Waals surface area contributed by atoms with Crippen molar-refractivity contribution in [2.24, 2.45) is 5.73 Å². The van der Waals surface area contributed by atoms with Gasteiger partial charge in [-0.2, -0.15) is 5.10 Å². The van der Waals surface area contributed by atoms with E-state index in [4.69, 9.17) is 20.3 Å². The van der Waals surface area contributed by atoms with E-state index in [0.29, 0.717) is 35.8 Å². The number of hydrogen-bond donors (Lipinski definition) is 1. The molecule has 0 aliphatic carbocycles. The second kappa shape index (κ2) is 12.5. The van der Waals surface area contributed by atoms with Gasteiger partial charge in [0.05, 0.1) is 37.3 Å². The van der Waals surface area contributed by atoms with Gasteiger partial charge in [-0.3, -0.25) is 9.48 Å². The summed E-state index contributed by atoms with van der Waals surface area (Å²) in [5.41, 5.74) is 14.5. The van der Waals surface area contributed by atoms with Gasteiger partial charge >= 0.3 is 5.97 Å². The van der Waals surface area contributed by atoms with Crippen LogP contribution in [0.2, 0.25) is 0 Å². The van der Waals surface area contributed by atoms with Crippen LogP contribution in [0.15, 0.2) is 36.4 Å². The monoisotopic (exact) mass is 582 g/mol. The van der Waals surface area contributed by atoms with Crippen LogP contribution in [-0.4, -0.2) is 39.9 Å². The van der Waals surface area contributed by atoms with Crippen LogP contribution in [0, 0.1) is 6.92 Å². The number of primary amides is 1. The number of allylic oxidation sites excluding steroid dienone is 1. The maximum Gasteiger partial charge on any atom is 0.342 e. The molecule has 1 amide bonds. The summed E-state index contributed by atoms with van der Waals surface area (Å²) in [4.78, 5) is 25.7. The Labute approximate surface area is 253 Å². The summed E-state index contributed by atoms with van der Waals surface area (Å²) in [5, 5.41) is 5.87. The number of carbonyl (C=O) groups excluding carboxylic acids is 2. The van der Waals surface area contributed by atoms with Crippen molar-refractivity contribution in [3.8, 4) is 17.0 Å². The quantitative estimate of drug-likeness (QED) is 0.186. The number of rotatable bonds is 11. The zero-order valence-electron chi connectivity index (χ0n) is 26.1. The third kappa shape index (κ3) is 5.35. The molecule has 0 radical (unpaired) electrons. The van der Waals surface area contributed by atoms with Crippen molar-refractivity contribution < 1.29 is 19.1 Å². The van der Waals surface area contributed by atoms with Gasteiger partial charge in [0, 0.05) is 28.6 Å². The number of aromatic nitrogens is 3. The third-order valence-corrected chi connectivity index (χ3v) is 8.45. The van der Waals surface area contributed by atoms with Crippen molar-refractivity contribution in [3.63, 3.8) is 0 Å². The molecule has 0 saturated heterocycles. The number of methoxy groups -OCH3 is 1. The van der Waals surface area contributed by atoms with Crippen molar-refractivity contribution in [2.45, 2.75) is 79.3 Å². The molecule has 1 aliphatic rings. The summed E-state index contributed by atoms with van der Waals surface area (Å²) < 4.78 is 15.4. The summed E-state index contributed by atoms with van der Waals surface area (Å²) in [6.07, 6.45) is 6.38. The molecular formula is C35H42N4O4. The number of amides is 1. The van der Waals surface area contributed by atoms with Crippen molar-refractivity contribution in [1.29, 1.82) is 0 Å². The van der Waals surface area contributed by atoms with E-state index in [2.05, 4.69) is 42.7 Å². The third-order valence-electron chi connectivity index (χ3n) is 8.45. The Balaban J connectivity index is 1.90. The van der Waals surface area contributed by atoms with Gasteiger partial charge in [-0.25, -0.2) is 4.79 Å². The van der Waals surface area contributed by atoms with Gasteiger partial charge in [-0.15, -0.1) is 0 Å². The highest BCUT2D eigenvalue weighted by molar-refractivity contribution is 6.04. The first-order valence-corrected chi connectivity index (χ1v) is 15.4. The first kappa shape index (κ1) is 30.1. The fourth-order valence-electron chi connectivity index (χ4n) is 6.66. The fraction of sp³-hybridized carbons (Fsp3) is 0.400. The smallest absolute Gasteiger partial charge is 0.342 e. The molecule has 4 aromatic rings. The summed E-state index contributed by atoms with van der Waals surface area (Å²) in [5.74, 6) is 0.242. The van der Waals surface area contributed by atoms with Crippen LogP contribution in [0.4, 0.5) is 0 Å². The van der Waals surface area contributed by atoms with Crippen LogP contribution in [-0.2, 0) is 17.8 Å². The van der Waals surface area contributed by atoms with E-state index in [1.54, 1.807) is 7.11 Å². The van der Waals surface area contributed by atoms with Gasteiger partial charge in [0.1, 0.15) is 11.3 Å². The Bertz CT molecular complexity index is 1720. The Morgan fingerprint density at radius 3 is 2.40 bits per heavy atom. The highest BCUT2D eigenvalue weighted by Gasteiger charge is 2.31. The summed E-state index contributed by atoms with van der Waals surface area (Å²) >= 11 is 0. The molecule has 2 aromatic carbocycles. The zero-order chi connectivity index (χ0) is 30.8. The molecule has 1 aliphatic heterocycles. The van der Waals surface area contributed by atoms with Crippen molar-refractivity contribution in [1.82, 2.24) is 14.3 Å². The highest BCUT2D eigenvalue weighted by Crippen LogP contribution is 2.47. The Morgan fingerprint density at radius 1 is 1.02 bits per heavy atom. The lowest BCUT2D eigenvalue weighted by Gasteiger charge is -2.20. The molecule has 8 heteroatoms. The zero-order valence-corrected chi connectivity index (χ0v) is 26.1. The number of benzene rings is 2. The molecule has 3 heterocycles. The van der Waals surface area contributed by atoms with Crippen LogP contribution in [0.1, 0.15) is 103 Å². The molecule has 0 bridgehead atoms. The van der Waals surface area contributed by atoms with E-state index in [0.717, 1.165) is 70.4 Å². The number of esters is 1. The van der Waals surface area contributed by atoms with Gasteiger partial charge in [0.15, 0.2) is 0 Å². The van der Waals surface area contributed by atoms with Crippen LogP contribution in [0.3, 0.4) is 0 Å². The lowest BCUT2D eigenvalue weighted by atomic mass is 9.86. The van der Waals surface area contributed by atoms with Crippen LogP contribution >= 0.6 is 0 Å². The van der Waals surface area contributed by atoms with E-state index >= 15 is 0 Å². The second-order valence-electron chi connectivity index (χ2n) is 11.2. The summed E-state index contributed by atoms with van der Waals surface area (Å²) in [7, 11) is 1.67. The van der Waals surface area contributed by atoms with Crippen molar-refractivity contribution in [2.75, 3.05) is 13.7 Å². The van der Waals surface area contributed by atoms with Crippen LogP contribution in [0.25, 0.3) is 33.8 Å². The molecule has 8 nitrogen and oxygen atoms in total. The standard InChI is InChI=1S/C35H42N4O4/c1-7-11-22(12-8-2)31-28-15-13-23(34(36)40)19-29(28)38-20-25(17-24-18-26(42-6)14-16-27(24)33(31)38)32-30(35(41)43-10-4)21(5)37-39(32)9-3/h13-19,22H,7-12,20H2,1-6H3,(H2,36,40). The minimum atomic E-state index is -0.462. The van der Waals surface area contributed by atoms with E-state index in [1.807, 2.05) is 43.7 Å². The lowest BCUT2D eigenvalue weighted by Crippen LogP contribution is -2.13. The van der Waals surface area contributed by atoms with E-state index in [1.165, 1.54) is 5.56 Å². The average Bonchev–Trinajstić information content (AvgIpc) is 3.44. The number of fused-ring (bicyclic) bond motifs is 5. The lowest BCUT2D eigenvalue weighted by molar-refractivity contribution is 0.0525. The van der Waals surface area contributed by atoms with E-state index in [-0.39, 0.29) is 12.6 Å². The van der Waals surface area contributed by atoms with Gasteiger partial charge in [0.2, 0.25) is 5.91 Å². The molecule has 5 rings (SSSR count). The fourth-order valence-corrected chi connectivity index (χ4v) is 6.66. The van der Waals surface area contributed by atoms with Crippen molar-refractivity contribution >= 4 is 34.4 Å². The summed E-state index contributed by atoms with van der Waals surface area (Å²) in [6.45, 7) is 11.5. The first-order chi connectivity index (χ1) is 20.8. The minimum Gasteiger partial charge on any atom is -0.497 e. The van der Waals surface area contributed by atoms with Gasteiger partial charge in [0.25, 0.3) is 0 Å². The molecular weight excluding hydrogens is 540 g/mol. The SMILES string of the molecule is CCCC(CCC)c1c2n(c3cc(C(N)=O)ccc13)CC(c1c(C(=O)OCC)c(C)nn1CC)=Cc1cc(OC)ccc1-2. The van der Waals surface area contributed by atoms with Crippen molar-refractivity contribution in [3.05, 3.63) is 70.0 Å².